The molecule has 2 aromatic rings. The Morgan fingerprint density at radius 1 is 1.30 bits per heavy atom. The molecule has 0 aliphatic rings. The molecule has 2 rings (SSSR count). The second-order valence-electron chi connectivity index (χ2n) is 5.30. The van der Waals surface area contributed by atoms with Crippen LogP contribution in [-0.2, 0) is 9.53 Å². The summed E-state index contributed by atoms with van der Waals surface area (Å²) in [6.07, 6.45) is 2.81. The summed E-state index contributed by atoms with van der Waals surface area (Å²) < 4.78 is 18.3. The number of carbonyl (C=O) groups excluding carboxylic acids is 2. The van der Waals surface area contributed by atoms with Gasteiger partial charge in [-0.2, -0.15) is 0 Å². The number of nitrogens with two attached hydrogens (primary N) is 1. The van der Waals surface area contributed by atoms with Crippen molar-refractivity contribution in [2.75, 3.05) is 17.7 Å². The molecule has 27 heavy (non-hydrogen) atoms. The molecule has 0 aliphatic heterocycles. The van der Waals surface area contributed by atoms with Crippen LogP contribution in [-0.4, -0.2) is 23.4 Å². The molecule has 0 bridgehead atoms. The van der Waals surface area contributed by atoms with E-state index in [9.17, 15) is 24.1 Å². The summed E-state index contributed by atoms with van der Waals surface area (Å²) in [5.74, 6) is -2.21. The highest BCUT2D eigenvalue weighted by molar-refractivity contribution is 6.09. The quantitative estimate of drug-likeness (QED) is 0.263. The van der Waals surface area contributed by atoms with Crippen molar-refractivity contribution >= 4 is 35.0 Å². The number of hydrogen-bond acceptors (Lipinski definition) is 6. The van der Waals surface area contributed by atoms with E-state index in [-0.39, 0.29) is 12.2 Å². The van der Waals surface area contributed by atoms with Gasteiger partial charge in [-0.15, -0.1) is 0 Å². The van der Waals surface area contributed by atoms with Gasteiger partial charge in [0, 0.05) is 11.8 Å². The Kier molecular flexibility index (Phi) is 6.21. The van der Waals surface area contributed by atoms with Gasteiger partial charge in [-0.3, -0.25) is 14.9 Å². The normalized spacial score (nSPS) is 10.6. The van der Waals surface area contributed by atoms with Gasteiger partial charge in [0.1, 0.15) is 11.5 Å². The number of esters is 1. The fourth-order valence-electron chi connectivity index (χ4n) is 2.17. The molecule has 3 N–H and O–H groups in total. The minimum absolute atomic E-state index is 0.273. The Hall–Kier alpha value is -3.75. The molecular formula is C18H16FN3O5. The fourth-order valence-corrected chi connectivity index (χ4v) is 2.17. The summed E-state index contributed by atoms with van der Waals surface area (Å²) in [6.45, 7) is 1.97. The van der Waals surface area contributed by atoms with Crippen LogP contribution in [0.5, 0.6) is 0 Å². The molecule has 0 aromatic heterocycles. The first-order valence-electron chi connectivity index (χ1n) is 7.81. The van der Waals surface area contributed by atoms with E-state index >= 15 is 0 Å². The summed E-state index contributed by atoms with van der Waals surface area (Å²) >= 11 is 0. The zero-order valence-corrected chi connectivity index (χ0v) is 14.3. The fraction of sp³-hybridized carbons (Fsp3) is 0.111. The first-order chi connectivity index (χ1) is 12.8. The first kappa shape index (κ1) is 19.6. The van der Waals surface area contributed by atoms with Gasteiger partial charge in [0.25, 0.3) is 11.6 Å². The number of hydrogen-bond donors (Lipinski definition) is 2. The summed E-state index contributed by atoms with van der Waals surface area (Å²) in [5.41, 5.74) is 5.20. The number of ether oxygens (including phenoxy) is 1. The van der Waals surface area contributed by atoms with Crippen LogP contribution in [0.25, 0.3) is 6.08 Å². The van der Waals surface area contributed by atoms with E-state index in [4.69, 9.17) is 10.5 Å². The molecule has 0 saturated heterocycles. The summed E-state index contributed by atoms with van der Waals surface area (Å²) in [4.78, 5) is 33.6. The SMILES string of the molecule is CCOC(=O)/C=C/c1ccc(NC(=O)c2cc(F)cc([N+](=O)[O-])c2N)cc1. The Balaban J connectivity index is 2.15. The summed E-state index contributed by atoms with van der Waals surface area (Å²) in [6, 6.07) is 7.83. The zero-order chi connectivity index (χ0) is 20.0. The number of nitro groups is 1. The molecule has 1 amide bonds. The number of nitro benzene ring substituents is 1. The highest BCUT2D eigenvalue weighted by atomic mass is 19.1. The Morgan fingerprint density at radius 3 is 2.56 bits per heavy atom. The summed E-state index contributed by atoms with van der Waals surface area (Å²) in [5, 5.41) is 13.4. The number of nitrogens with one attached hydrogen (secondary N) is 1. The lowest BCUT2D eigenvalue weighted by Gasteiger charge is -2.08. The molecule has 8 nitrogen and oxygen atoms in total. The van der Waals surface area contributed by atoms with E-state index in [1.165, 1.54) is 12.2 Å². The topological polar surface area (TPSA) is 125 Å². The number of halogens is 1. The zero-order valence-electron chi connectivity index (χ0n) is 14.3. The van der Waals surface area contributed by atoms with Crippen molar-refractivity contribution in [2.45, 2.75) is 6.92 Å². The Bertz CT molecular complexity index is 910. The van der Waals surface area contributed by atoms with E-state index in [2.05, 4.69) is 5.32 Å². The second kappa shape index (κ2) is 8.56. The second-order valence-corrected chi connectivity index (χ2v) is 5.30. The minimum Gasteiger partial charge on any atom is -0.463 e. The van der Waals surface area contributed by atoms with Gasteiger partial charge < -0.3 is 15.8 Å². The van der Waals surface area contributed by atoms with Crippen LogP contribution in [0.15, 0.2) is 42.5 Å². The molecule has 0 unspecified atom stereocenters. The monoisotopic (exact) mass is 373 g/mol. The number of rotatable bonds is 6. The number of nitrogens with zero attached hydrogens (tertiary/aromatic N) is 1. The first-order valence-corrected chi connectivity index (χ1v) is 7.81. The van der Waals surface area contributed by atoms with E-state index in [1.54, 1.807) is 31.2 Å². The maximum Gasteiger partial charge on any atom is 0.330 e. The van der Waals surface area contributed by atoms with Crippen LogP contribution in [0.3, 0.4) is 0 Å². The lowest BCUT2D eigenvalue weighted by molar-refractivity contribution is -0.384. The molecule has 0 heterocycles. The van der Waals surface area contributed by atoms with Gasteiger partial charge in [0.2, 0.25) is 0 Å². The van der Waals surface area contributed by atoms with Crippen LogP contribution in [0.4, 0.5) is 21.5 Å². The van der Waals surface area contributed by atoms with Crippen LogP contribution in [0.1, 0.15) is 22.8 Å². The van der Waals surface area contributed by atoms with Gasteiger partial charge in [-0.05, 0) is 36.8 Å². The third-order valence-corrected chi connectivity index (χ3v) is 3.43. The molecule has 9 heteroatoms. The van der Waals surface area contributed by atoms with Gasteiger partial charge in [0.15, 0.2) is 0 Å². The highest BCUT2D eigenvalue weighted by Gasteiger charge is 2.21. The average molecular weight is 373 g/mol. The minimum atomic E-state index is -0.944. The predicted molar refractivity (Wildman–Crippen MR) is 97.5 cm³/mol. The van der Waals surface area contributed by atoms with E-state index in [0.717, 1.165) is 6.07 Å². The van der Waals surface area contributed by atoms with Crippen molar-refractivity contribution in [1.29, 1.82) is 0 Å². The van der Waals surface area contributed by atoms with Crippen molar-refractivity contribution in [3.8, 4) is 0 Å². The van der Waals surface area contributed by atoms with Crippen molar-refractivity contribution in [2.24, 2.45) is 0 Å². The Morgan fingerprint density at radius 2 is 1.96 bits per heavy atom. The number of carbonyl (C=O) groups is 2. The molecule has 0 aliphatic carbocycles. The molecule has 0 fully saturated rings. The molecule has 0 spiro atoms. The van der Waals surface area contributed by atoms with Crippen molar-refractivity contribution < 1.29 is 23.6 Å². The van der Waals surface area contributed by atoms with Crippen LogP contribution >= 0.6 is 0 Å². The number of amides is 1. The third-order valence-electron chi connectivity index (χ3n) is 3.43. The molecule has 140 valence electrons. The van der Waals surface area contributed by atoms with Crippen molar-refractivity contribution in [3.05, 3.63) is 69.5 Å². The van der Waals surface area contributed by atoms with Gasteiger partial charge in [-0.1, -0.05) is 12.1 Å². The van der Waals surface area contributed by atoms with Crippen molar-refractivity contribution in [1.82, 2.24) is 0 Å². The van der Waals surface area contributed by atoms with E-state index in [0.29, 0.717) is 17.3 Å². The van der Waals surface area contributed by atoms with Gasteiger partial charge in [-0.25, -0.2) is 9.18 Å². The molecular weight excluding hydrogens is 357 g/mol. The molecule has 0 atom stereocenters. The lowest BCUT2D eigenvalue weighted by Crippen LogP contribution is -2.15. The van der Waals surface area contributed by atoms with Crippen molar-refractivity contribution in [3.63, 3.8) is 0 Å². The molecule has 0 radical (unpaired) electrons. The van der Waals surface area contributed by atoms with Crippen LogP contribution < -0.4 is 11.1 Å². The Labute approximate surface area is 153 Å². The third kappa shape index (κ3) is 5.11. The molecule has 0 saturated carbocycles. The summed E-state index contributed by atoms with van der Waals surface area (Å²) in [7, 11) is 0. The standard InChI is InChI=1S/C18H16FN3O5/c1-2-27-16(23)8-5-11-3-6-13(7-4-11)21-18(24)14-9-12(19)10-15(17(14)20)22(25)26/h3-10H,2,20H2,1H3,(H,21,24)/b8-5+. The highest BCUT2D eigenvalue weighted by Crippen LogP contribution is 2.27. The predicted octanol–water partition coefficient (Wildman–Crippen LogP) is 3.14. The molecule has 2 aromatic carbocycles. The number of nitrogen functional groups attached to an aromatic ring is 1. The number of anilines is 2. The largest absolute Gasteiger partial charge is 0.463 e. The maximum atomic E-state index is 13.5. The van der Waals surface area contributed by atoms with Gasteiger partial charge >= 0.3 is 5.97 Å². The van der Waals surface area contributed by atoms with Crippen LogP contribution in [0.2, 0.25) is 0 Å². The van der Waals surface area contributed by atoms with E-state index < -0.39 is 34.0 Å². The lowest BCUT2D eigenvalue weighted by atomic mass is 10.1. The smallest absolute Gasteiger partial charge is 0.330 e. The maximum absolute atomic E-state index is 13.5. The van der Waals surface area contributed by atoms with Crippen LogP contribution in [0, 0.1) is 15.9 Å². The van der Waals surface area contributed by atoms with Gasteiger partial charge in [0.05, 0.1) is 23.2 Å². The average Bonchev–Trinajstić information content (AvgIpc) is 2.62. The number of benzene rings is 2. The van der Waals surface area contributed by atoms with E-state index in [1.807, 2.05) is 0 Å².